The van der Waals surface area contributed by atoms with E-state index in [0.717, 1.165) is 12.6 Å². The molecule has 0 aromatic heterocycles. The molecule has 0 unspecified atom stereocenters. The Labute approximate surface area is 82.8 Å². The zero-order valence-electron chi connectivity index (χ0n) is 6.10. The van der Waals surface area contributed by atoms with Crippen LogP contribution >= 0.6 is 24.8 Å². The fourth-order valence-electron chi connectivity index (χ4n) is 0.653. The Morgan fingerprint density at radius 2 is 1.00 bits per heavy atom. The molecule has 0 aliphatic rings. The van der Waals surface area contributed by atoms with Gasteiger partial charge in [-0.1, -0.05) is 24.3 Å². The molecule has 0 aliphatic carbocycles. The molecule has 0 aliphatic heterocycles. The molecule has 0 amide bonds. The van der Waals surface area contributed by atoms with Gasteiger partial charge >= 0.3 is 0 Å². The third-order valence-corrected chi connectivity index (χ3v) is 1.21. The van der Waals surface area contributed by atoms with Crippen LogP contribution in [0.5, 0.6) is 0 Å². The lowest BCUT2D eigenvalue weighted by atomic mass is 10.2. The molecule has 0 fully saturated rings. The van der Waals surface area contributed by atoms with E-state index >= 15 is 0 Å². The first-order chi connectivity index (χ1) is 4.86. The lowest BCUT2D eigenvalue weighted by molar-refractivity contribution is 0.111. The van der Waals surface area contributed by atoms with Crippen LogP contribution in [-0.4, -0.2) is 12.6 Å². The lowest BCUT2D eigenvalue weighted by Crippen LogP contribution is -1.81. The predicted molar refractivity (Wildman–Crippen MR) is 51.7 cm³/mol. The third kappa shape index (κ3) is 3.51. The van der Waals surface area contributed by atoms with Gasteiger partial charge in [0.2, 0.25) is 0 Å². The SMILES string of the molecule is Cl.Cl.O=Cc1ccc(C=O)cc1. The molecule has 66 valence electrons. The van der Waals surface area contributed by atoms with Crippen molar-refractivity contribution in [2.75, 3.05) is 0 Å². The van der Waals surface area contributed by atoms with Gasteiger partial charge in [0.05, 0.1) is 0 Å². The average Bonchev–Trinajstić information content (AvgIpc) is 2.05. The number of carbonyl (C=O) groups excluding carboxylic acids is 2. The summed E-state index contributed by atoms with van der Waals surface area (Å²) in [7, 11) is 0. The maximum absolute atomic E-state index is 10.1. The minimum Gasteiger partial charge on any atom is -0.298 e. The highest BCUT2D eigenvalue weighted by molar-refractivity contribution is 5.85. The van der Waals surface area contributed by atoms with Crippen molar-refractivity contribution in [1.82, 2.24) is 0 Å². The van der Waals surface area contributed by atoms with Crippen LogP contribution in [0.15, 0.2) is 24.3 Å². The molecule has 1 rings (SSSR count). The topological polar surface area (TPSA) is 34.1 Å². The molecule has 1 aromatic rings. The van der Waals surface area contributed by atoms with E-state index in [9.17, 15) is 9.59 Å². The molecule has 0 saturated carbocycles. The minimum absolute atomic E-state index is 0. The van der Waals surface area contributed by atoms with Gasteiger partial charge in [-0.15, -0.1) is 24.8 Å². The van der Waals surface area contributed by atoms with E-state index in [-0.39, 0.29) is 24.8 Å². The van der Waals surface area contributed by atoms with Crippen LogP contribution < -0.4 is 0 Å². The highest BCUT2D eigenvalue weighted by atomic mass is 35.5. The quantitative estimate of drug-likeness (QED) is 0.696. The van der Waals surface area contributed by atoms with Crippen molar-refractivity contribution in [1.29, 1.82) is 0 Å². The van der Waals surface area contributed by atoms with E-state index < -0.39 is 0 Å². The third-order valence-electron chi connectivity index (χ3n) is 1.21. The fourth-order valence-corrected chi connectivity index (χ4v) is 0.653. The zero-order valence-corrected chi connectivity index (χ0v) is 7.73. The minimum atomic E-state index is 0. The summed E-state index contributed by atoms with van der Waals surface area (Å²) in [5.41, 5.74) is 1.18. The number of hydrogen-bond acceptors (Lipinski definition) is 2. The highest BCUT2D eigenvalue weighted by Crippen LogP contribution is 1.98. The van der Waals surface area contributed by atoms with Crippen LogP contribution in [0.4, 0.5) is 0 Å². The first-order valence-electron chi connectivity index (χ1n) is 2.87. The molecule has 0 bridgehead atoms. The smallest absolute Gasteiger partial charge is 0.150 e. The van der Waals surface area contributed by atoms with Crippen molar-refractivity contribution in [3.05, 3.63) is 35.4 Å². The summed E-state index contributed by atoms with van der Waals surface area (Å²) in [6, 6.07) is 6.43. The van der Waals surface area contributed by atoms with Crippen molar-refractivity contribution in [3.8, 4) is 0 Å². The Morgan fingerprint density at radius 3 is 1.17 bits per heavy atom. The van der Waals surface area contributed by atoms with Crippen LogP contribution in [0.3, 0.4) is 0 Å². The number of carbonyl (C=O) groups is 2. The highest BCUT2D eigenvalue weighted by Gasteiger charge is 1.88. The van der Waals surface area contributed by atoms with E-state index in [1.807, 2.05) is 0 Å². The first-order valence-corrected chi connectivity index (χ1v) is 2.87. The Morgan fingerprint density at radius 1 is 0.750 bits per heavy atom. The molecule has 0 saturated heterocycles. The normalized spacial score (nSPS) is 7.33. The maximum Gasteiger partial charge on any atom is 0.150 e. The summed E-state index contributed by atoms with van der Waals surface area (Å²) in [6.45, 7) is 0. The molecule has 1 aromatic carbocycles. The number of rotatable bonds is 2. The summed E-state index contributed by atoms with van der Waals surface area (Å²) in [5.74, 6) is 0. The van der Waals surface area contributed by atoms with Gasteiger partial charge in [0.1, 0.15) is 12.6 Å². The first kappa shape index (κ1) is 13.7. The largest absolute Gasteiger partial charge is 0.298 e. The van der Waals surface area contributed by atoms with Crippen LogP contribution in [0, 0.1) is 0 Å². The van der Waals surface area contributed by atoms with Gasteiger partial charge in [-0.05, 0) is 0 Å². The molecular formula is C8H8Cl2O2. The van der Waals surface area contributed by atoms with Crippen LogP contribution in [-0.2, 0) is 0 Å². The van der Waals surface area contributed by atoms with Gasteiger partial charge in [-0.2, -0.15) is 0 Å². The number of hydrogen-bond donors (Lipinski definition) is 0. The van der Waals surface area contributed by atoms with Crippen LogP contribution in [0.2, 0.25) is 0 Å². The Hall–Kier alpha value is -0.860. The molecular weight excluding hydrogens is 199 g/mol. The summed E-state index contributed by atoms with van der Waals surface area (Å²) in [4.78, 5) is 20.2. The number of halogens is 2. The van der Waals surface area contributed by atoms with Crippen molar-refractivity contribution >= 4 is 37.4 Å². The molecule has 0 atom stereocenters. The lowest BCUT2D eigenvalue weighted by Gasteiger charge is -1.88. The number of benzene rings is 1. The van der Waals surface area contributed by atoms with Gasteiger partial charge in [0.25, 0.3) is 0 Å². The van der Waals surface area contributed by atoms with Crippen LogP contribution in [0.1, 0.15) is 20.7 Å². The molecule has 2 nitrogen and oxygen atoms in total. The van der Waals surface area contributed by atoms with Gasteiger partial charge in [-0.3, -0.25) is 9.59 Å². The van der Waals surface area contributed by atoms with E-state index in [2.05, 4.69) is 0 Å². The van der Waals surface area contributed by atoms with E-state index in [4.69, 9.17) is 0 Å². The summed E-state index contributed by atoms with van der Waals surface area (Å²) >= 11 is 0. The predicted octanol–water partition coefficient (Wildman–Crippen LogP) is 2.16. The van der Waals surface area contributed by atoms with Gasteiger partial charge in [0.15, 0.2) is 0 Å². The van der Waals surface area contributed by atoms with Crippen molar-refractivity contribution in [2.45, 2.75) is 0 Å². The summed E-state index contributed by atoms with van der Waals surface area (Å²) < 4.78 is 0. The molecule has 0 radical (unpaired) electrons. The summed E-state index contributed by atoms with van der Waals surface area (Å²) in [6.07, 6.45) is 1.49. The standard InChI is InChI=1S/C8H6O2.2ClH/c9-5-7-1-2-8(6-10)4-3-7;;/h1-6H;2*1H. The molecule has 0 spiro atoms. The maximum atomic E-state index is 10.1. The van der Waals surface area contributed by atoms with E-state index in [0.29, 0.717) is 11.1 Å². The van der Waals surface area contributed by atoms with Gasteiger partial charge in [-0.25, -0.2) is 0 Å². The molecule has 12 heavy (non-hydrogen) atoms. The van der Waals surface area contributed by atoms with E-state index in [1.54, 1.807) is 24.3 Å². The number of aldehydes is 2. The summed E-state index contributed by atoms with van der Waals surface area (Å²) in [5, 5.41) is 0. The second kappa shape index (κ2) is 6.83. The molecule has 0 heterocycles. The Balaban J connectivity index is 0. The monoisotopic (exact) mass is 206 g/mol. The fraction of sp³-hybridized carbons (Fsp3) is 0. The van der Waals surface area contributed by atoms with Crippen molar-refractivity contribution in [2.24, 2.45) is 0 Å². The van der Waals surface area contributed by atoms with Crippen molar-refractivity contribution in [3.63, 3.8) is 0 Å². The molecule has 4 heteroatoms. The Kier molecular flexibility index (Phi) is 7.80. The second-order valence-electron chi connectivity index (χ2n) is 1.90. The Bertz CT molecular complexity index is 217. The van der Waals surface area contributed by atoms with Crippen molar-refractivity contribution < 1.29 is 9.59 Å². The molecule has 0 N–H and O–H groups in total. The van der Waals surface area contributed by atoms with Gasteiger partial charge < -0.3 is 0 Å². The average molecular weight is 207 g/mol. The van der Waals surface area contributed by atoms with Gasteiger partial charge in [0, 0.05) is 11.1 Å². The van der Waals surface area contributed by atoms with E-state index in [1.165, 1.54) is 0 Å². The van der Waals surface area contributed by atoms with Crippen LogP contribution in [0.25, 0.3) is 0 Å². The second-order valence-corrected chi connectivity index (χ2v) is 1.90. The zero-order chi connectivity index (χ0) is 7.40.